The van der Waals surface area contributed by atoms with Crippen LogP contribution in [0.3, 0.4) is 0 Å². The van der Waals surface area contributed by atoms with E-state index in [2.05, 4.69) is 23.5 Å². The molecule has 17 heavy (non-hydrogen) atoms. The van der Waals surface area contributed by atoms with Gasteiger partial charge in [0.15, 0.2) is 0 Å². The van der Waals surface area contributed by atoms with Crippen molar-refractivity contribution < 1.29 is 4.74 Å². The smallest absolute Gasteiger partial charge is 0.0480 e. The molecule has 1 fully saturated rings. The van der Waals surface area contributed by atoms with Crippen LogP contribution >= 0.6 is 11.6 Å². The number of hydrogen-bond donors (Lipinski definition) is 1. The number of benzene rings is 1. The van der Waals surface area contributed by atoms with E-state index in [4.69, 9.17) is 16.3 Å². The second kappa shape index (κ2) is 6.39. The quantitative estimate of drug-likeness (QED) is 0.893. The van der Waals surface area contributed by atoms with Gasteiger partial charge in [0, 0.05) is 30.8 Å². The molecule has 1 aromatic rings. The fourth-order valence-electron chi connectivity index (χ4n) is 2.12. The van der Waals surface area contributed by atoms with E-state index in [-0.39, 0.29) is 0 Å². The Morgan fingerprint density at radius 2 is 2.24 bits per heavy atom. The molecule has 0 aromatic heterocycles. The summed E-state index contributed by atoms with van der Waals surface area (Å²) in [4.78, 5) is 0. The summed E-state index contributed by atoms with van der Waals surface area (Å²) in [5.41, 5.74) is 2.39. The molecule has 3 heteroatoms. The number of nitrogens with one attached hydrogen (secondary N) is 1. The molecule has 1 N–H and O–H groups in total. The highest BCUT2D eigenvalue weighted by molar-refractivity contribution is 6.31. The summed E-state index contributed by atoms with van der Waals surface area (Å²) in [6.07, 6.45) is 3.48. The van der Waals surface area contributed by atoms with E-state index in [9.17, 15) is 0 Å². The number of aryl methyl sites for hydroxylation is 1. The average Bonchev–Trinajstić information content (AvgIpc) is 2.59. The Kier molecular flexibility index (Phi) is 4.84. The molecule has 1 aliphatic rings. The molecule has 1 saturated heterocycles. The lowest BCUT2D eigenvalue weighted by atomic mass is 10.1. The van der Waals surface area contributed by atoms with Gasteiger partial charge in [0.2, 0.25) is 0 Å². The normalized spacial score (nSPS) is 21.2. The van der Waals surface area contributed by atoms with Crippen LogP contribution < -0.4 is 5.32 Å². The first kappa shape index (κ1) is 12.9. The topological polar surface area (TPSA) is 21.3 Å². The summed E-state index contributed by atoms with van der Waals surface area (Å²) in [7, 11) is 0. The van der Waals surface area contributed by atoms with Crippen molar-refractivity contribution in [3.05, 3.63) is 34.3 Å². The molecule has 0 radical (unpaired) electrons. The van der Waals surface area contributed by atoms with Gasteiger partial charge in [0.05, 0.1) is 0 Å². The second-order valence-corrected chi connectivity index (χ2v) is 5.11. The van der Waals surface area contributed by atoms with Crippen LogP contribution in [0, 0.1) is 6.92 Å². The van der Waals surface area contributed by atoms with Crippen molar-refractivity contribution in [1.29, 1.82) is 0 Å². The van der Waals surface area contributed by atoms with Crippen molar-refractivity contribution in [2.24, 2.45) is 0 Å². The largest absolute Gasteiger partial charge is 0.381 e. The van der Waals surface area contributed by atoms with E-state index in [1.807, 2.05) is 6.92 Å². The van der Waals surface area contributed by atoms with Crippen LogP contribution in [-0.2, 0) is 11.3 Å². The van der Waals surface area contributed by atoms with Crippen LogP contribution in [0.4, 0.5) is 0 Å². The Morgan fingerprint density at radius 1 is 1.35 bits per heavy atom. The van der Waals surface area contributed by atoms with Crippen LogP contribution in [0.5, 0.6) is 0 Å². The summed E-state index contributed by atoms with van der Waals surface area (Å²) in [6, 6.07) is 6.85. The zero-order chi connectivity index (χ0) is 12.1. The third kappa shape index (κ3) is 3.98. The zero-order valence-corrected chi connectivity index (χ0v) is 11.1. The molecule has 0 unspecified atom stereocenters. The summed E-state index contributed by atoms with van der Waals surface area (Å²) < 4.78 is 5.45. The lowest BCUT2D eigenvalue weighted by Crippen LogP contribution is -2.28. The van der Waals surface area contributed by atoms with Gasteiger partial charge in [-0.3, -0.25) is 0 Å². The van der Waals surface area contributed by atoms with E-state index in [0.29, 0.717) is 6.04 Å². The van der Waals surface area contributed by atoms with Gasteiger partial charge in [0.25, 0.3) is 0 Å². The minimum Gasteiger partial charge on any atom is -0.381 e. The Bertz CT molecular complexity index is 359. The molecule has 1 aliphatic heterocycles. The van der Waals surface area contributed by atoms with E-state index in [0.717, 1.165) is 43.2 Å². The lowest BCUT2D eigenvalue weighted by Gasteiger charge is -2.15. The summed E-state index contributed by atoms with van der Waals surface area (Å²) in [5, 5.41) is 4.44. The highest BCUT2D eigenvalue weighted by Gasteiger charge is 2.11. The van der Waals surface area contributed by atoms with Gasteiger partial charge in [-0.2, -0.15) is 0 Å². The maximum absolute atomic E-state index is 6.11. The number of hydrogen-bond acceptors (Lipinski definition) is 2. The number of rotatable bonds is 3. The van der Waals surface area contributed by atoms with E-state index >= 15 is 0 Å². The number of ether oxygens (including phenoxy) is 1. The molecule has 1 aromatic carbocycles. The third-order valence-corrected chi connectivity index (χ3v) is 3.69. The zero-order valence-electron chi connectivity index (χ0n) is 10.3. The first-order valence-corrected chi connectivity index (χ1v) is 6.69. The third-order valence-electron chi connectivity index (χ3n) is 3.28. The Hall–Kier alpha value is -0.570. The minimum atomic E-state index is 0.581. The molecule has 0 spiro atoms. The van der Waals surface area contributed by atoms with Crippen LogP contribution in [0.25, 0.3) is 0 Å². The van der Waals surface area contributed by atoms with Crippen molar-refractivity contribution in [2.75, 3.05) is 13.2 Å². The van der Waals surface area contributed by atoms with Crippen molar-refractivity contribution in [3.8, 4) is 0 Å². The van der Waals surface area contributed by atoms with E-state index in [1.165, 1.54) is 12.0 Å². The highest BCUT2D eigenvalue weighted by atomic mass is 35.5. The molecule has 2 nitrogen and oxygen atoms in total. The van der Waals surface area contributed by atoms with Crippen molar-refractivity contribution in [1.82, 2.24) is 5.32 Å². The van der Waals surface area contributed by atoms with Crippen LogP contribution in [0.15, 0.2) is 18.2 Å². The van der Waals surface area contributed by atoms with Crippen LogP contribution in [0.2, 0.25) is 5.02 Å². The Morgan fingerprint density at radius 3 is 3.06 bits per heavy atom. The summed E-state index contributed by atoms with van der Waals surface area (Å²) in [5.74, 6) is 0. The van der Waals surface area contributed by atoms with Crippen molar-refractivity contribution in [3.63, 3.8) is 0 Å². The molecule has 0 aliphatic carbocycles. The molecule has 1 heterocycles. The van der Waals surface area contributed by atoms with Gasteiger partial charge in [-0.25, -0.2) is 0 Å². The second-order valence-electron chi connectivity index (χ2n) is 4.70. The molecule has 0 saturated carbocycles. The Balaban J connectivity index is 1.85. The number of halogens is 1. The van der Waals surface area contributed by atoms with Gasteiger partial charge in [-0.1, -0.05) is 23.7 Å². The van der Waals surface area contributed by atoms with E-state index in [1.54, 1.807) is 0 Å². The highest BCUT2D eigenvalue weighted by Crippen LogP contribution is 2.17. The van der Waals surface area contributed by atoms with Gasteiger partial charge >= 0.3 is 0 Å². The molecular weight excluding hydrogens is 234 g/mol. The average molecular weight is 254 g/mol. The monoisotopic (exact) mass is 253 g/mol. The fourth-order valence-corrected chi connectivity index (χ4v) is 2.32. The molecular formula is C14H20ClNO. The van der Waals surface area contributed by atoms with Gasteiger partial charge < -0.3 is 10.1 Å². The summed E-state index contributed by atoms with van der Waals surface area (Å²) in [6.45, 7) is 4.72. The predicted octanol–water partition coefficient (Wildman–Crippen LogP) is 3.31. The molecule has 0 bridgehead atoms. The fraction of sp³-hybridized carbons (Fsp3) is 0.571. The summed E-state index contributed by atoms with van der Waals surface area (Å²) >= 11 is 6.11. The van der Waals surface area contributed by atoms with Crippen LogP contribution in [0.1, 0.15) is 30.4 Å². The SMILES string of the molecule is Cc1ccc(CN[C@@H]2CCCOCC2)cc1Cl. The predicted molar refractivity (Wildman–Crippen MR) is 71.5 cm³/mol. The van der Waals surface area contributed by atoms with Crippen LogP contribution in [-0.4, -0.2) is 19.3 Å². The first-order chi connectivity index (χ1) is 8.25. The minimum absolute atomic E-state index is 0.581. The van der Waals surface area contributed by atoms with Gasteiger partial charge in [0.1, 0.15) is 0 Å². The lowest BCUT2D eigenvalue weighted by molar-refractivity contribution is 0.142. The molecule has 2 rings (SSSR count). The molecule has 94 valence electrons. The first-order valence-electron chi connectivity index (χ1n) is 6.32. The van der Waals surface area contributed by atoms with Gasteiger partial charge in [-0.05, 0) is 43.4 Å². The maximum Gasteiger partial charge on any atom is 0.0480 e. The van der Waals surface area contributed by atoms with Crippen molar-refractivity contribution in [2.45, 2.75) is 38.8 Å². The molecule has 1 atom stereocenters. The molecule has 0 amide bonds. The Labute approximate surface area is 108 Å². The maximum atomic E-state index is 6.11. The van der Waals surface area contributed by atoms with Gasteiger partial charge in [-0.15, -0.1) is 0 Å². The standard InChI is InChI=1S/C14H20ClNO/c1-11-4-5-12(9-14(11)15)10-16-13-3-2-7-17-8-6-13/h4-5,9,13,16H,2-3,6-8,10H2,1H3/t13-/m1/s1. The van der Waals surface area contributed by atoms with E-state index < -0.39 is 0 Å². The van der Waals surface area contributed by atoms with Crippen molar-refractivity contribution >= 4 is 11.6 Å².